The van der Waals surface area contributed by atoms with Gasteiger partial charge < -0.3 is 21.3 Å². The summed E-state index contributed by atoms with van der Waals surface area (Å²) in [5, 5.41) is 21.8. The zero-order chi connectivity index (χ0) is 23.4. The highest BCUT2D eigenvalue weighted by atomic mass is 35.5. The summed E-state index contributed by atoms with van der Waals surface area (Å²) < 4.78 is 0. The van der Waals surface area contributed by atoms with Gasteiger partial charge in [0.25, 0.3) is 5.91 Å². The van der Waals surface area contributed by atoms with E-state index < -0.39 is 0 Å². The number of carbonyl (C=O) groups is 2. The molecule has 0 unspecified atom stereocenters. The molecule has 0 bridgehead atoms. The number of hydrogen-bond acceptors (Lipinski definition) is 7. The number of hydrogen-bond donors (Lipinski definition) is 4. The van der Waals surface area contributed by atoms with Gasteiger partial charge >= 0.3 is 0 Å². The van der Waals surface area contributed by atoms with Crippen molar-refractivity contribution in [2.24, 2.45) is 0 Å². The topological polar surface area (TPSA) is 132 Å². The van der Waals surface area contributed by atoms with Crippen molar-refractivity contribution in [1.29, 1.82) is 5.26 Å². The highest BCUT2D eigenvalue weighted by molar-refractivity contribution is 6.33. The monoisotopic (exact) mass is 467 g/mol. The lowest BCUT2D eigenvalue weighted by molar-refractivity contribution is -0.119. The van der Waals surface area contributed by atoms with Crippen molar-refractivity contribution < 1.29 is 9.59 Å². The molecule has 2 amide bonds. The summed E-state index contributed by atoms with van der Waals surface area (Å²) in [6.45, 7) is 1.53. The normalized spacial score (nSPS) is 19.8. The van der Waals surface area contributed by atoms with Gasteiger partial charge in [0.2, 0.25) is 5.91 Å². The number of rotatable bonds is 7. The Bertz CT molecular complexity index is 1090. The molecule has 0 atom stereocenters. The van der Waals surface area contributed by atoms with E-state index >= 15 is 0 Å². The van der Waals surface area contributed by atoms with Gasteiger partial charge in [-0.2, -0.15) is 5.26 Å². The summed E-state index contributed by atoms with van der Waals surface area (Å²) in [5.74, 6) is 0.684. The van der Waals surface area contributed by atoms with Crippen molar-refractivity contribution in [3.05, 3.63) is 40.7 Å². The zero-order valence-electron chi connectivity index (χ0n) is 18.3. The summed E-state index contributed by atoms with van der Waals surface area (Å²) in [7, 11) is 0. The van der Waals surface area contributed by atoms with Gasteiger partial charge in [0.1, 0.15) is 17.7 Å². The molecule has 4 rings (SSSR count). The number of nitrogens with zero attached hydrogens (tertiary/aromatic N) is 3. The molecule has 2 aliphatic rings. The van der Waals surface area contributed by atoms with Crippen molar-refractivity contribution in [3.63, 3.8) is 0 Å². The fourth-order valence-electron chi connectivity index (χ4n) is 3.92. The predicted molar refractivity (Wildman–Crippen MR) is 125 cm³/mol. The fourth-order valence-corrected chi connectivity index (χ4v) is 4.13. The van der Waals surface area contributed by atoms with Gasteiger partial charge in [0.05, 0.1) is 21.8 Å². The van der Waals surface area contributed by atoms with Gasteiger partial charge in [0, 0.05) is 43.5 Å². The van der Waals surface area contributed by atoms with Crippen LogP contribution >= 0.6 is 11.6 Å². The first kappa shape index (κ1) is 22.8. The van der Waals surface area contributed by atoms with E-state index in [0.717, 1.165) is 38.5 Å². The molecule has 0 saturated heterocycles. The molecule has 4 N–H and O–H groups in total. The van der Waals surface area contributed by atoms with Crippen molar-refractivity contribution in [2.45, 2.75) is 63.6 Å². The third kappa shape index (κ3) is 6.11. The molecular weight excluding hydrogens is 442 g/mol. The van der Waals surface area contributed by atoms with Crippen LogP contribution in [0.3, 0.4) is 0 Å². The van der Waals surface area contributed by atoms with Crippen LogP contribution in [0.15, 0.2) is 24.5 Å². The third-order valence-electron chi connectivity index (χ3n) is 5.77. The standard InChI is InChI=1S/C23H26ClN7O2/c1-13(32)28-15-2-6-17(7-3-15)30-23(33)18-12-26-21(9-20(18)29-16-4-5-16)31-22-19(24)8-14(10-25)11-27-22/h8-9,11-12,15-17H,2-7H2,1H3,(H,28,32)(H,30,33)(H2,26,27,29,31)/t15-,17-. The van der Waals surface area contributed by atoms with Crippen LogP contribution < -0.4 is 21.3 Å². The van der Waals surface area contributed by atoms with Crippen LogP contribution in [0.5, 0.6) is 0 Å². The average Bonchev–Trinajstić information content (AvgIpc) is 3.60. The Morgan fingerprint density at radius 1 is 1.00 bits per heavy atom. The molecule has 2 aliphatic carbocycles. The zero-order valence-corrected chi connectivity index (χ0v) is 19.1. The van der Waals surface area contributed by atoms with Crippen molar-refractivity contribution in [3.8, 4) is 6.07 Å². The van der Waals surface area contributed by atoms with Gasteiger partial charge in [0.15, 0.2) is 0 Å². The molecule has 0 aromatic carbocycles. The maximum absolute atomic E-state index is 13.0. The van der Waals surface area contributed by atoms with Gasteiger partial charge in [-0.05, 0) is 44.6 Å². The van der Waals surface area contributed by atoms with Crippen LogP contribution in [-0.4, -0.2) is 39.9 Å². The minimum Gasteiger partial charge on any atom is -0.382 e. The number of aromatic nitrogens is 2. The molecule has 33 heavy (non-hydrogen) atoms. The third-order valence-corrected chi connectivity index (χ3v) is 6.06. The molecule has 2 aromatic heterocycles. The van der Waals surface area contributed by atoms with E-state index in [4.69, 9.17) is 16.9 Å². The summed E-state index contributed by atoms with van der Waals surface area (Å²) in [4.78, 5) is 32.9. The number of halogens is 1. The summed E-state index contributed by atoms with van der Waals surface area (Å²) >= 11 is 6.21. The number of amides is 2. The first-order valence-corrected chi connectivity index (χ1v) is 11.5. The van der Waals surface area contributed by atoms with Crippen LogP contribution in [0, 0.1) is 11.3 Å². The first-order chi connectivity index (χ1) is 15.9. The molecule has 2 aromatic rings. The van der Waals surface area contributed by atoms with E-state index in [0.29, 0.717) is 39.5 Å². The number of nitriles is 1. The molecule has 2 heterocycles. The van der Waals surface area contributed by atoms with E-state index in [2.05, 4.69) is 31.2 Å². The molecule has 2 saturated carbocycles. The van der Waals surface area contributed by atoms with E-state index in [-0.39, 0.29) is 23.9 Å². The first-order valence-electron chi connectivity index (χ1n) is 11.1. The van der Waals surface area contributed by atoms with Crippen LogP contribution in [0.1, 0.15) is 61.4 Å². The molecule has 0 spiro atoms. The maximum atomic E-state index is 13.0. The van der Waals surface area contributed by atoms with E-state index in [1.807, 2.05) is 6.07 Å². The van der Waals surface area contributed by atoms with Crippen LogP contribution in [0.2, 0.25) is 5.02 Å². The molecular formula is C23H26ClN7O2. The SMILES string of the molecule is CC(=O)N[C@H]1CC[C@H](NC(=O)c2cnc(Nc3ncc(C#N)cc3Cl)cc2NC2CC2)CC1. The molecule has 0 radical (unpaired) electrons. The maximum Gasteiger partial charge on any atom is 0.255 e. The average molecular weight is 468 g/mol. The van der Waals surface area contributed by atoms with Crippen LogP contribution in [0.4, 0.5) is 17.3 Å². The Hall–Kier alpha value is -3.38. The minimum atomic E-state index is -0.172. The lowest BCUT2D eigenvalue weighted by atomic mass is 9.91. The quantitative estimate of drug-likeness (QED) is 0.490. The van der Waals surface area contributed by atoms with E-state index in [1.54, 1.807) is 12.3 Å². The second kappa shape index (κ2) is 10.0. The van der Waals surface area contributed by atoms with Crippen LogP contribution in [-0.2, 0) is 4.79 Å². The Kier molecular flexibility index (Phi) is 6.94. The van der Waals surface area contributed by atoms with Gasteiger partial charge in [-0.3, -0.25) is 9.59 Å². The second-order valence-corrected chi connectivity index (χ2v) is 8.95. The minimum absolute atomic E-state index is 0.0180. The molecule has 9 nitrogen and oxygen atoms in total. The van der Waals surface area contributed by atoms with Gasteiger partial charge in [-0.15, -0.1) is 0 Å². The molecule has 172 valence electrons. The van der Waals surface area contributed by atoms with Crippen LogP contribution in [0.25, 0.3) is 0 Å². The lowest BCUT2D eigenvalue weighted by Gasteiger charge is -2.29. The number of pyridine rings is 2. The summed E-state index contributed by atoms with van der Waals surface area (Å²) in [6.07, 6.45) is 8.41. The van der Waals surface area contributed by atoms with Gasteiger partial charge in [-0.1, -0.05) is 11.6 Å². The molecule has 10 heteroatoms. The van der Waals surface area contributed by atoms with Crippen molar-refractivity contribution in [1.82, 2.24) is 20.6 Å². The molecule has 0 aliphatic heterocycles. The Morgan fingerprint density at radius 3 is 2.27 bits per heavy atom. The van der Waals surface area contributed by atoms with E-state index in [1.165, 1.54) is 19.2 Å². The van der Waals surface area contributed by atoms with Crippen molar-refractivity contribution in [2.75, 3.05) is 10.6 Å². The van der Waals surface area contributed by atoms with Gasteiger partial charge in [-0.25, -0.2) is 9.97 Å². The Labute approximate surface area is 197 Å². The predicted octanol–water partition coefficient (Wildman–Crippen LogP) is 3.50. The Balaban J connectivity index is 1.45. The fraction of sp³-hybridized carbons (Fsp3) is 0.435. The Morgan fingerprint density at radius 2 is 1.67 bits per heavy atom. The summed E-state index contributed by atoms with van der Waals surface area (Å²) in [6, 6.07) is 5.89. The smallest absolute Gasteiger partial charge is 0.255 e. The number of nitrogens with one attached hydrogen (secondary N) is 4. The summed E-state index contributed by atoms with van der Waals surface area (Å²) in [5.41, 5.74) is 1.55. The van der Waals surface area contributed by atoms with E-state index in [9.17, 15) is 9.59 Å². The molecule has 2 fully saturated rings. The lowest BCUT2D eigenvalue weighted by Crippen LogP contribution is -2.43. The second-order valence-electron chi connectivity index (χ2n) is 8.55. The number of anilines is 3. The highest BCUT2D eigenvalue weighted by Gasteiger charge is 2.27. The number of carbonyl (C=O) groups excluding carboxylic acids is 2. The van der Waals surface area contributed by atoms with Crippen molar-refractivity contribution >= 4 is 40.7 Å². The largest absolute Gasteiger partial charge is 0.382 e. The highest BCUT2D eigenvalue weighted by Crippen LogP contribution is 2.30.